The van der Waals surface area contributed by atoms with Crippen LogP contribution in [0.3, 0.4) is 0 Å². The number of hydrogen-bond acceptors (Lipinski definition) is 6. The molecule has 3 aromatic rings. The number of hydrogen-bond donors (Lipinski definition) is 1. The van der Waals surface area contributed by atoms with Crippen molar-refractivity contribution >= 4 is 29.0 Å². The maximum atomic E-state index is 12.4. The van der Waals surface area contributed by atoms with E-state index in [9.17, 15) is 4.79 Å². The van der Waals surface area contributed by atoms with Crippen LogP contribution in [0.1, 0.15) is 20.8 Å². The van der Waals surface area contributed by atoms with Gasteiger partial charge in [-0.25, -0.2) is 0 Å². The molecule has 0 unspecified atom stereocenters. The van der Waals surface area contributed by atoms with Crippen LogP contribution < -0.4 is 15.0 Å². The largest absolute Gasteiger partial charge is 0.495 e. The summed E-state index contributed by atoms with van der Waals surface area (Å²) in [6.45, 7) is 9.02. The maximum Gasteiger partial charge on any atom is 0.234 e. The summed E-state index contributed by atoms with van der Waals surface area (Å²) in [5.74, 6) is 1.55. The van der Waals surface area contributed by atoms with Crippen LogP contribution in [0.4, 0.5) is 11.4 Å². The number of nitrogens with zero attached hydrogens (tertiary/aromatic N) is 4. The van der Waals surface area contributed by atoms with E-state index in [1.54, 1.807) is 7.11 Å². The van der Waals surface area contributed by atoms with Gasteiger partial charge in [0, 0.05) is 30.9 Å². The summed E-state index contributed by atoms with van der Waals surface area (Å²) >= 11 is 1.37. The van der Waals surface area contributed by atoms with Gasteiger partial charge in [0.1, 0.15) is 5.75 Å². The molecule has 0 fully saturated rings. The average Bonchev–Trinajstić information content (AvgIpc) is 3.22. The van der Waals surface area contributed by atoms with Crippen LogP contribution in [0.25, 0.3) is 11.4 Å². The van der Waals surface area contributed by atoms with Crippen LogP contribution in [0, 0.1) is 0 Å². The molecule has 0 atom stereocenters. The third kappa shape index (κ3) is 5.38. The lowest BCUT2D eigenvalue weighted by atomic mass is 10.2. The van der Waals surface area contributed by atoms with Gasteiger partial charge in [0.25, 0.3) is 0 Å². The van der Waals surface area contributed by atoms with Crippen molar-refractivity contribution in [1.82, 2.24) is 14.8 Å². The molecular formula is C23H29N5O2S. The Balaban J connectivity index is 1.69. The molecule has 1 aromatic heterocycles. The van der Waals surface area contributed by atoms with Crippen molar-refractivity contribution in [3.63, 3.8) is 0 Å². The number of methoxy groups -OCH3 is 1. The van der Waals surface area contributed by atoms with Crippen LogP contribution in [0.5, 0.6) is 5.75 Å². The van der Waals surface area contributed by atoms with E-state index < -0.39 is 0 Å². The maximum absolute atomic E-state index is 12.4. The molecule has 3 rings (SSSR count). The number of rotatable bonds is 10. The summed E-state index contributed by atoms with van der Waals surface area (Å²) in [4.78, 5) is 14.7. The van der Waals surface area contributed by atoms with Crippen molar-refractivity contribution in [2.24, 2.45) is 0 Å². The predicted molar refractivity (Wildman–Crippen MR) is 127 cm³/mol. The lowest BCUT2D eigenvalue weighted by molar-refractivity contribution is -0.113. The fourth-order valence-electron chi connectivity index (χ4n) is 3.37. The Morgan fingerprint density at radius 2 is 1.77 bits per heavy atom. The van der Waals surface area contributed by atoms with Gasteiger partial charge in [0.15, 0.2) is 11.0 Å². The van der Waals surface area contributed by atoms with Crippen LogP contribution in [0.15, 0.2) is 53.7 Å². The Morgan fingerprint density at radius 3 is 2.42 bits per heavy atom. The molecule has 0 saturated heterocycles. The zero-order valence-corrected chi connectivity index (χ0v) is 19.3. The zero-order chi connectivity index (χ0) is 22.2. The van der Waals surface area contributed by atoms with Crippen molar-refractivity contribution in [3.05, 3.63) is 48.5 Å². The zero-order valence-electron chi connectivity index (χ0n) is 18.5. The van der Waals surface area contributed by atoms with Gasteiger partial charge in [-0.05, 0) is 57.2 Å². The minimum absolute atomic E-state index is 0.120. The van der Waals surface area contributed by atoms with Gasteiger partial charge < -0.3 is 19.5 Å². The summed E-state index contributed by atoms with van der Waals surface area (Å²) in [6, 6.07) is 15.7. The molecule has 0 aliphatic rings. The van der Waals surface area contributed by atoms with E-state index in [4.69, 9.17) is 4.74 Å². The molecule has 2 aromatic carbocycles. The summed E-state index contributed by atoms with van der Waals surface area (Å²) < 4.78 is 7.32. The number of amides is 1. The van der Waals surface area contributed by atoms with Crippen LogP contribution in [-0.2, 0) is 11.3 Å². The third-order valence-electron chi connectivity index (χ3n) is 5.00. The summed E-state index contributed by atoms with van der Waals surface area (Å²) in [5, 5.41) is 12.3. The van der Waals surface area contributed by atoms with Crippen molar-refractivity contribution in [2.45, 2.75) is 32.5 Å². The van der Waals surface area contributed by atoms with E-state index in [0.717, 1.165) is 36.2 Å². The first-order valence-electron chi connectivity index (χ1n) is 10.4. The second kappa shape index (κ2) is 10.9. The standard InChI is InChI=1S/C23H29N5O2S/c1-5-27(6-2)18-14-12-17(13-15-18)22-25-26-23(28(22)7-3)31-16-21(29)24-19-10-8-9-11-20(19)30-4/h8-15H,5-7,16H2,1-4H3,(H,24,29). The molecular weight excluding hydrogens is 410 g/mol. The van der Waals surface area contributed by atoms with Gasteiger partial charge in [0.05, 0.1) is 18.6 Å². The second-order valence-electron chi connectivity index (χ2n) is 6.81. The average molecular weight is 440 g/mol. The molecule has 164 valence electrons. The highest BCUT2D eigenvalue weighted by molar-refractivity contribution is 7.99. The monoisotopic (exact) mass is 439 g/mol. The Bertz CT molecular complexity index is 999. The van der Waals surface area contributed by atoms with E-state index >= 15 is 0 Å². The quantitative estimate of drug-likeness (QED) is 0.467. The second-order valence-corrected chi connectivity index (χ2v) is 7.75. The first-order chi connectivity index (χ1) is 15.1. The Labute approximate surface area is 187 Å². The van der Waals surface area contributed by atoms with Crippen LogP contribution >= 0.6 is 11.8 Å². The highest BCUT2D eigenvalue weighted by Gasteiger charge is 2.15. The molecule has 31 heavy (non-hydrogen) atoms. The predicted octanol–water partition coefficient (Wildman–Crippen LogP) is 4.55. The SMILES string of the molecule is CCN(CC)c1ccc(-c2nnc(SCC(=O)Nc3ccccc3OC)n2CC)cc1. The Kier molecular flexibility index (Phi) is 7.94. The molecule has 0 spiro atoms. The number of para-hydroxylation sites is 2. The van der Waals surface area contributed by atoms with Crippen LogP contribution in [0.2, 0.25) is 0 Å². The molecule has 1 amide bonds. The Hall–Kier alpha value is -3.00. The lowest BCUT2D eigenvalue weighted by Gasteiger charge is -2.21. The molecule has 0 aliphatic heterocycles. The van der Waals surface area contributed by atoms with Crippen molar-refractivity contribution < 1.29 is 9.53 Å². The smallest absolute Gasteiger partial charge is 0.234 e. The van der Waals surface area contributed by atoms with Gasteiger partial charge in [-0.3, -0.25) is 4.79 Å². The van der Waals surface area contributed by atoms with E-state index in [1.165, 1.54) is 17.4 Å². The topological polar surface area (TPSA) is 72.3 Å². The molecule has 0 aliphatic carbocycles. The summed E-state index contributed by atoms with van der Waals surface area (Å²) in [5.41, 5.74) is 2.86. The number of carbonyl (C=O) groups is 1. The van der Waals surface area contributed by atoms with Gasteiger partial charge >= 0.3 is 0 Å². The normalized spacial score (nSPS) is 10.7. The number of thioether (sulfide) groups is 1. The van der Waals surface area contributed by atoms with Gasteiger partial charge in [-0.2, -0.15) is 0 Å². The first kappa shape index (κ1) is 22.7. The number of anilines is 2. The number of benzene rings is 2. The van der Waals surface area contributed by atoms with Gasteiger partial charge in [-0.1, -0.05) is 23.9 Å². The van der Waals surface area contributed by atoms with E-state index in [-0.39, 0.29) is 11.7 Å². The van der Waals surface area contributed by atoms with Gasteiger partial charge in [-0.15, -0.1) is 10.2 Å². The highest BCUT2D eigenvalue weighted by Crippen LogP contribution is 2.27. The highest BCUT2D eigenvalue weighted by atomic mass is 32.2. The van der Waals surface area contributed by atoms with E-state index in [2.05, 4.69) is 65.5 Å². The summed E-state index contributed by atoms with van der Waals surface area (Å²) in [6.07, 6.45) is 0. The number of ether oxygens (including phenoxy) is 1. The summed E-state index contributed by atoms with van der Waals surface area (Å²) in [7, 11) is 1.58. The molecule has 0 saturated carbocycles. The fourth-order valence-corrected chi connectivity index (χ4v) is 4.17. The minimum Gasteiger partial charge on any atom is -0.495 e. The third-order valence-corrected chi connectivity index (χ3v) is 5.97. The van der Waals surface area contributed by atoms with E-state index in [1.807, 2.05) is 28.8 Å². The van der Waals surface area contributed by atoms with Crippen molar-refractivity contribution in [2.75, 3.05) is 36.2 Å². The van der Waals surface area contributed by atoms with Crippen LogP contribution in [-0.4, -0.2) is 46.6 Å². The number of aromatic nitrogens is 3. The molecule has 0 bridgehead atoms. The van der Waals surface area contributed by atoms with E-state index in [0.29, 0.717) is 11.4 Å². The fraction of sp³-hybridized carbons (Fsp3) is 0.348. The number of carbonyl (C=O) groups excluding carboxylic acids is 1. The molecule has 7 nitrogen and oxygen atoms in total. The Morgan fingerprint density at radius 1 is 1.06 bits per heavy atom. The molecule has 0 radical (unpaired) electrons. The molecule has 8 heteroatoms. The minimum atomic E-state index is -0.120. The molecule has 1 N–H and O–H groups in total. The van der Waals surface area contributed by atoms with Crippen molar-refractivity contribution in [3.8, 4) is 17.1 Å². The van der Waals surface area contributed by atoms with Gasteiger partial charge in [0.2, 0.25) is 5.91 Å². The molecule has 1 heterocycles. The van der Waals surface area contributed by atoms with Crippen molar-refractivity contribution in [1.29, 1.82) is 0 Å². The lowest BCUT2D eigenvalue weighted by Crippen LogP contribution is -2.21. The number of nitrogens with one attached hydrogen (secondary N) is 1. The first-order valence-corrected chi connectivity index (χ1v) is 11.4.